The van der Waals surface area contributed by atoms with Crippen LogP contribution in [-0.2, 0) is 14.6 Å². The maximum absolute atomic E-state index is 12.2. The van der Waals surface area contributed by atoms with Crippen LogP contribution in [0.1, 0.15) is 0 Å². The van der Waals surface area contributed by atoms with Crippen LogP contribution in [0.15, 0.2) is 18.2 Å². The predicted molar refractivity (Wildman–Crippen MR) is 97.3 cm³/mol. The van der Waals surface area contributed by atoms with Crippen molar-refractivity contribution in [1.82, 2.24) is 4.90 Å². The number of ether oxygens (including phenoxy) is 3. The van der Waals surface area contributed by atoms with Crippen molar-refractivity contribution in [3.8, 4) is 11.5 Å². The zero-order chi connectivity index (χ0) is 17.6. The Morgan fingerprint density at radius 1 is 1.20 bits per heavy atom. The van der Waals surface area contributed by atoms with Crippen molar-refractivity contribution < 1.29 is 22.6 Å². The Hall–Kier alpha value is -1.58. The molecule has 2 atom stereocenters. The molecule has 2 saturated heterocycles. The molecule has 0 N–H and O–H groups in total. The zero-order valence-corrected chi connectivity index (χ0v) is 15.5. The number of methoxy groups -OCH3 is 1. The van der Waals surface area contributed by atoms with Crippen molar-refractivity contribution in [2.75, 3.05) is 49.9 Å². The molecule has 9 heteroatoms. The molecular formula is C16H20N2O5S2. The summed E-state index contributed by atoms with van der Waals surface area (Å²) in [5.74, 6) is 1.60. The van der Waals surface area contributed by atoms with E-state index in [1.807, 2.05) is 28.0 Å². The molecule has 0 unspecified atom stereocenters. The van der Waals surface area contributed by atoms with Gasteiger partial charge in [0.15, 0.2) is 26.4 Å². The summed E-state index contributed by atoms with van der Waals surface area (Å²) in [4.78, 5) is 3.92. The minimum atomic E-state index is -3.08. The van der Waals surface area contributed by atoms with Crippen LogP contribution in [-0.4, -0.2) is 75.5 Å². The summed E-state index contributed by atoms with van der Waals surface area (Å²) in [5.41, 5.74) is 0.835. The van der Waals surface area contributed by atoms with Gasteiger partial charge in [-0.2, -0.15) is 0 Å². The third-order valence-corrected chi connectivity index (χ3v) is 6.95. The van der Waals surface area contributed by atoms with Crippen molar-refractivity contribution in [3.05, 3.63) is 18.2 Å². The molecule has 3 aliphatic rings. The average Bonchev–Trinajstić information content (AvgIpc) is 3.02. The van der Waals surface area contributed by atoms with E-state index in [1.165, 1.54) is 0 Å². The van der Waals surface area contributed by atoms with E-state index in [2.05, 4.69) is 0 Å². The second kappa shape index (κ2) is 6.30. The summed E-state index contributed by atoms with van der Waals surface area (Å²) in [7, 11) is -1.46. The van der Waals surface area contributed by atoms with E-state index in [9.17, 15) is 8.42 Å². The van der Waals surface area contributed by atoms with Crippen LogP contribution in [0, 0.1) is 0 Å². The number of sulfone groups is 1. The first-order valence-corrected chi connectivity index (χ1v) is 10.4. The highest BCUT2D eigenvalue weighted by Gasteiger charge is 2.52. The van der Waals surface area contributed by atoms with Gasteiger partial charge in [-0.3, -0.25) is 0 Å². The fraction of sp³-hybridized carbons (Fsp3) is 0.562. The van der Waals surface area contributed by atoms with E-state index in [4.69, 9.17) is 26.4 Å². The van der Waals surface area contributed by atoms with Crippen LogP contribution in [0.5, 0.6) is 11.5 Å². The molecule has 3 heterocycles. The Morgan fingerprint density at radius 3 is 2.68 bits per heavy atom. The quantitative estimate of drug-likeness (QED) is 0.702. The molecule has 25 heavy (non-hydrogen) atoms. The molecule has 1 aromatic carbocycles. The van der Waals surface area contributed by atoms with Crippen molar-refractivity contribution in [2.45, 2.75) is 12.1 Å². The third-order valence-electron chi connectivity index (χ3n) is 4.82. The van der Waals surface area contributed by atoms with Crippen molar-refractivity contribution >= 4 is 32.9 Å². The molecule has 0 amide bonds. The Kier molecular flexibility index (Phi) is 4.25. The lowest BCUT2D eigenvalue weighted by Gasteiger charge is -2.27. The first kappa shape index (κ1) is 16.9. The second-order valence-electron chi connectivity index (χ2n) is 6.38. The molecule has 0 aliphatic carbocycles. The summed E-state index contributed by atoms with van der Waals surface area (Å²) < 4.78 is 40.8. The van der Waals surface area contributed by atoms with Gasteiger partial charge in [-0.15, -0.1) is 0 Å². The molecule has 3 aliphatic heterocycles. The normalized spacial score (nSPS) is 26.8. The predicted octanol–water partition coefficient (Wildman–Crippen LogP) is 0.677. The van der Waals surface area contributed by atoms with Gasteiger partial charge in [0, 0.05) is 25.4 Å². The first-order chi connectivity index (χ1) is 12.0. The van der Waals surface area contributed by atoms with Crippen molar-refractivity contribution in [1.29, 1.82) is 0 Å². The summed E-state index contributed by atoms with van der Waals surface area (Å²) in [6.07, 6.45) is 0. The number of hydrogen-bond donors (Lipinski definition) is 0. The van der Waals surface area contributed by atoms with E-state index in [-0.39, 0.29) is 23.6 Å². The van der Waals surface area contributed by atoms with Gasteiger partial charge in [0.05, 0.1) is 30.2 Å². The molecule has 4 rings (SSSR count). The number of thiocarbonyl (C=S) groups is 1. The van der Waals surface area contributed by atoms with Crippen LogP contribution in [0.25, 0.3) is 0 Å². The van der Waals surface area contributed by atoms with E-state index in [0.29, 0.717) is 43.0 Å². The smallest absolute Gasteiger partial charge is 0.176 e. The largest absolute Gasteiger partial charge is 0.486 e. The number of fused-ring (bicyclic) bond motifs is 2. The van der Waals surface area contributed by atoms with E-state index in [1.54, 1.807) is 7.11 Å². The molecule has 0 saturated carbocycles. The van der Waals surface area contributed by atoms with Gasteiger partial charge in [0.1, 0.15) is 13.2 Å². The average molecular weight is 384 g/mol. The maximum atomic E-state index is 12.2. The Morgan fingerprint density at radius 2 is 1.92 bits per heavy atom. The zero-order valence-electron chi connectivity index (χ0n) is 13.9. The maximum Gasteiger partial charge on any atom is 0.176 e. The van der Waals surface area contributed by atoms with E-state index in [0.717, 1.165) is 5.69 Å². The van der Waals surface area contributed by atoms with Crippen molar-refractivity contribution in [2.24, 2.45) is 0 Å². The highest BCUT2D eigenvalue weighted by Crippen LogP contribution is 2.39. The van der Waals surface area contributed by atoms with Crippen LogP contribution in [0.3, 0.4) is 0 Å². The van der Waals surface area contributed by atoms with Gasteiger partial charge in [-0.1, -0.05) is 0 Å². The summed E-state index contributed by atoms with van der Waals surface area (Å²) in [6, 6.07) is 5.31. The van der Waals surface area contributed by atoms with Crippen LogP contribution in [0.4, 0.5) is 5.69 Å². The molecule has 0 spiro atoms. The van der Waals surface area contributed by atoms with Crippen molar-refractivity contribution in [3.63, 3.8) is 0 Å². The fourth-order valence-electron chi connectivity index (χ4n) is 3.71. The van der Waals surface area contributed by atoms with Crippen LogP contribution < -0.4 is 14.4 Å². The summed E-state index contributed by atoms with van der Waals surface area (Å²) in [6.45, 7) is 2.11. The second-order valence-corrected chi connectivity index (χ2v) is 8.90. The summed E-state index contributed by atoms with van der Waals surface area (Å²) >= 11 is 5.67. The Balaban J connectivity index is 1.69. The van der Waals surface area contributed by atoms with Gasteiger partial charge in [0.25, 0.3) is 0 Å². The van der Waals surface area contributed by atoms with E-state index < -0.39 is 9.84 Å². The number of benzene rings is 1. The minimum Gasteiger partial charge on any atom is -0.486 e. The Bertz CT molecular complexity index is 798. The van der Waals surface area contributed by atoms with E-state index >= 15 is 0 Å². The molecular weight excluding hydrogens is 364 g/mol. The van der Waals surface area contributed by atoms with Gasteiger partial charge < -0.3 is 24.0 Å². The molecule has 2 fully saturated rings. The molecule has 0 bridgehead atoms. The number of nitrogens with zero attached hydrogens (tertiary/aromatic N) is 2. The summed E-state index contributed by atoms with van der Waals surface area (Å²) in [5, 5.41) is 0.638. The molecule has 1 aromatic rings. The lowest BCUT2D eigenvalue weighted by molar-refractivity contribution is 0.169. The van der Waals surface area contributed by atoms with Gasteiger partial charge in [-0.25, -0.2) is 8.42 Å². The van der Waals surface area contributed by atoms with Crippen LogP contribution in [0.2, 0.25) is 0 Å². The SMILES string of the molecule is COCCN1C(=S)N(c2ccc3c(c2)OCCO3)[C@@H]2CS(=O)(=O)C[C@@H]21. The monoisotopic (exact) mass is 384 g/mol. The first-order valence-electron chi connectivity index (χ1n) is 8.19. The third kappa shape index (κ3) is 2.94. The fourth-order valence-corrected chi connectivity index (χ4v) is 6.13. The number of hydrogen-bond acceptors (Lipinski definition) is 6. The molecule has 7 nitrogen and oxygen atoms in total. The van der Waals surface area contributed by atoms with Gasteiger partial charge in [0.2, 0.25) is 0 Å². The van der Waals surface area contributed by atoms with Gasteiger partial charge >= 0.3 is 0 Å². The standard InChI is InChI=1S/C16H20N2O5S2/c1-21-5-4-17-12-9-25(19,20)10-13(12)18(16(17)24)11-2-3-14-15(8-11)23-7-6-22-14/h2-3,8,12-13H,4-7,9-10H2,1H3/t12-,13+/m0/s1. The van der Waals surface area contributed by atoms with Crippen LogP contribution >= 0.6 is 12.2 Å². The number of anilines is 1. The van der Waals surface area contributed by atoms with Gasteiger partial charge in [-0.05, 0) is 24.4 Å². The highest BCUT2D eigenvalue weighted by molar-refractivity contribution is 7.91. The highest BCUT2D eigenvalue weighted by atomic mass is 32.2. The minimum absolute atomic E-state index is 0.107. The molecule has 136 valence electrons. The Labute approximate surface area is 152 Å². The topological polar surface area (TPSA) is 68.3 Å². The lowest BCUT2D eigenvalue weighted by atomic mass is 10.1. The lowest BCUT2D eigenvalue weighted by Crippen LogP contribution is -2.39. The molecule has 0 aromatic heterocycles. The number of rotatable bonds is 4. The molecule has 0 radical (unpaired) electrons.